The van der Waals surface area contributed by atoms with Crippen molar-refractivity contribution in [1.29, 1.82) is 0 Å². The third-order valence-electron chi connectivity index (χ3n) is 7.41. The predicted molar refractivity (Wildman–Crippen MR) is 133 cm³/mol. The van der Waals surface area contributed by atoms with Crippen LogP contribution in [0, 0.1) is 17.6 Å². The van der Waals surface area contributed by atoms with Crippen LogP contribution in [0.4, 0.5) is 8.78 Å². The van der Waals surface area contributed by atoms with Crippen LogP contribution in [0.25, 0.3) is 5.69 Å². The number of nitrogens with zero attached hydrogens (tertiary/aromatic N) is 6. The summed E-state index contributed by atoms with van der Waals surface area (Å²) >= 11 is 0. The average Bonchev–Trinajstić information content (AvgIpc) is 3.62. The van der Waals surface area contributed by atoms with Crippen molar-refractivity contribution in [2.45, 2.75) is 57.2 Å². The van der Waals surface area contributed by atoms with Crippen LogP contribution in [0.1, 0.15) is 61.3 Å². The highest BCUT2D eigenvalue weighted by Crippen LogP contribution is 2.29. The van der Waals surface area contributed by atoms with E-state index in [-0.39, 0.29) is 23.3 Å². The molecule has 2 aliphatic rings. The molecular formula is C26H30F2N8O2. The van der Waals surface area contributed by atoms with Gasteiger partial charge in [0.2, 0.25) is 5.91 Å². The van der Waals surface area contributed by atoms with Crippen molar-refractivity contribution >= 4 is 11.8 Å². The molecule has 3 aromatic rings. The van der Waals surface area contributed by atoms with Gasteiger partial charge in [0.15, 0.2) is 11.5 Å². The van der Waals surface area contributed by atoms with E-state index in [1.54, 1.807) is 18.6 Å². The summed E-state index contributed by atoms with van der Waals surface area (Å²) in [6.07, 6.45) is 11.3. The van der Waals surface area contributed by atoms with Crippen LogP contribution in [0.3, 0.4) is 0 Å². The highest BCUT2D eigenvalue weighted by atomic mass is 19.1. The largest absolute Gasteiger partial charge is 0.348 e. The molecule has 1 aliphatic carbocycles. The molecule has 0 radical (unpaired) electrons. The number of rotatable bonds is 7. The Morgan fingerprint density at radius 1 is 1.13 bits per heavy atom. The van der Waals surface area contributed by atoms with Crippen LogP contribution in [-0.2, 0) is 4.79 Å². The van der Waals surface area contributed by atoms with E-state index < -0.39 is 29.5 Å². The summed E-state index contributed by atoms with van der Waals surface area (Å²) in [6, 6.07) is 2.73. The first kappa shape index (κ1) is 25.8. The molecule has 10 nitrogen and oxygen atoms in total. The van der Waals surface area contributed by atoms with Crippen LogP contribution < -0.4 is 10.6 Å². The lowest BCUT2D eigenvalue weighted by atomic mass is 9.89. The van der Waals surface area contributed by atoms with E-state index in [1.165, 1.54) is 25.1 Å². The number of carbonyl (C=O) groups excluding carboxylic acids is 2. The molecule has 3 atom stereocenters. The molecule has 0 spiro atoms. The van der Waals surface area contributed by atoms with Crippen molar-refractivity contribution in [2.75, 3.05) is 13.1 Å². The number of nitrogens with one attached hydrogen (secondary N) is 2. The average molecular weight is 525 g/mol. The van der Waals surface area contributed by atoms with Gasteiger partial charge in [-0.2, -0.15) is 0 Å². The maximum Gasteiger partial charge on any atom is 0.273 e. The van der Waals surface area contributed by atoms with Crippen LogP contribution in [0.15, 0.2) is 43.0 Å². The fraction of sp³-hybridized carbons (Fsp3) is 0.462. The first-order chi connectivity index (χ1) is 18.4. The van der Waals surface area contributed by atoms with Crippen molar-refractivity contribution in [3.63, 3.8) is 0 Å². The maximum atomic E-state index is 14.2. The molecule has 0 bridgehead atoms. The van der Waals surface area contributed by atoms with Crippen LogP contribution in [-0.4, -0.2) is 66.8 Å². The van der Waals surface area contributed by atoms with Gasteiger partial charge in [-0.05, 0) is 38.3 Å². The lowest BCUT2D eigenvalue weighted by Gasteiger charge is -2.41. The summed E-state index contributed by atoms with van der Waals surface area (Å²) in [5.41, 5.74) is 0.589. The molecule has 1 saturated heterocycles. The number of hydrogen-bond donors (Lipinski definition) is 2. The van der Waals surface area contributed by atoms with Crippen LogP contribution in [0.2, 0.25) is 0 Å². The normalized spacial score (nSPS) is 21.2. The summed E-state index contributed by atoms with van der Waals surface area (Å²) < 4.78 is 28.5. The van der Waals surface area contributed by atoms with Gasteiger partial charge >= 0.3 is 0 Å². The molecular weight excluding hydrogens is 494 g/mol. The topological polar surface area (TPSA) is 118 Å². The number of carbonyl (C=O) groups is 2. The maximum absolute atomic E-state index is 14.2. The third-order valence-corrected chi connectivity index (χ3v) is 7.41. The van der Waals surface area contributed by atoms with Crippen LogP contribution in [0.5, 0.6) is 0 Å². The minimum Gasteiger partial charge on any atom is -0.348 e. The molecule has 2 fully saturated rings. The fourth-order valence-corrected chi connectivity index (χ4v) is 5.34. The molecule has 38 heavy (non-hydrogen) atoms. The molecule has 1 aromatic carbocycles. The summed E-state index contributed by atoms with van der Waals surface area (Å²) in [4.78, 5) is 37.3. The van der Waals surface area contributed by atoms with Gasteiger partial charge in [0.05, 0.1) is 30.0 Å². The Bertz CT molecular complexity index is 1280. The van der Waals surface area contributed by atoms with Gasteiger partial charge in [-0.1, -0.05) is 18.1 Å². The highest BCUT2D eigenvalue weighted by Gasteiger charge is 2.39. The Kier molecular flexibility index (Phi) is 7.68. The first-order valence-electron chi connectivity index (χ1n) is 12.9. The van der Waals surface area contributed by atoms with Gasteiger partial charge in [-0.3, -0.25) is 24.5 Å². The zero-order chi connectivity index (χ0) is 26.6. The minimum absolute atomic E-state index is 0.0287. The van der Waals surface area contributed by atoms with E-state index in [2.05, 4.69) is 35.8 Å². The Labute approximate surface area is 218 Å². The van der Waals surface area contributed by atoms with Crippen LogP contribution >= 0.6 is 0 Å². The van der Waals surface area contributed by atoms with Crippen molar-refractivity contribution < 1.29 is 18.4 Å². The number of halogens is 2. The number of benzene rings is 1. The standard InChI is InChI=1S/C26H30F2N8O2/c1-16(22-13-29-9-10-30-22)31-25(37)19-14-35(18-4-2-3-5-18)11-8-21(19)32-26(38)23-15-36(34-33-23)24-7-6-17(27)12-20(24)28/h6-7,9-10,12-13,15-16,18-19,21H,2-5,8,11,14H2,1H3,(H,31,37)(H,32,38)/t16-,19-,21-/m1/s1. The highest BCUT2D eigenvalue weighted by molar-refractivity contribution is 5.92. The van der Waals surface area contributed by atoms with E-state index in [1.807, 2.05) is 6.92 Å². The Morgan fingerprint density at radius 2 is 1.95 bits per heavy atom. The molecule has 200 valence electrons. The summed E-state index contributed by atoms with van der Waals surface area (Å²) in [5, 5.41) is 13.7. The minimum atomic E-state index is -0.824. The summed E-state index contributed by atoms with van der Waals surface area (Å²) in [7, 11) is 0. The Balaban J connectivity index is 1.30. The lowest BCUT2D eigenvalue weighted by molar-refractivity contribution is -0.128. The molecule has 3 heterocycles. The Hall–Kier alpha value is -3.80. The second-order valence-corrected chi connectivity index (χ2v) is 9.91. The molecule has 5 rings (SSSR count). The molecule has 2 aromatic heterocycles. The van der Waals surface area contributed by atoms with Gasteiger partial charge < -0.3 is 10.6 Å². The van der Waals surface area contributed by atoms with Crippen molar-refractivity contribution in [2.24, 2.45) is 5.92 Å². The third kappa shape index (κ3) is 5.69. The quantitative estimate of drug-likeness (QED) is 0.488. The van der Waals surface area contributed by atoms with E-state index >= 15 is 0 Å². The number of hydrogen-bond acceptors (Lipinski definition) is 7. The van der Waals surface area contributed by atoms with E-state index in [4.69, 9.17) is 0 Å². The number of aromatic nitrogens is 5. The van der Waals surface area contributed by atoms with Gasteiger partial charge in [-0.25, -0.2) is 13.5 Å². The number of amides is 2. The van der Waals surface area contributed by atoms with E-state index in [0.29, 0.717) is 24.7 Å². The Morgan fingerprint density at radius 3 is 2.68 bits per heavy atom. The van der Waals surface area contributed by atoms with E-state index in [0.717, 1.165) is 36.2 Å². The van der Waals surface area contributed by atoms with Gasteiger partial charge in [-0.15, -0.1) is 5.10 Å². The number of likely N-dealkylation sites (tertiary alicyclic amines) is 1. The fourth-order valence-electron chi connectivity index (χ4n) is 5.34. The molecule has 12 heteroatoms. The summed E-state index contributed by atoms with van der Waals surface area (Å²) in [6.45, 7) is 3.15. The summed E-state index contributed by atoms with van der Waals surface area (Å²) in [5.74, 6) is -2.72. The zero-order valence-electron chi connectivity index (χ0n) is 21.1. The molecule has 1 saturated carbocycles. The van der Waals surface area contributed by atoms with Gasteiger partial charge in [0.25, 0.3) is 5.91 Å². The van der Waals surface area contributed by atoms with Gasteiger partial charge in [0.1, 0.15) is 11.5 Å². The van der Waals surface area contributed by atoms with Crippen molar-refractivity contribution in [3.05, 3.63) is 66.0 Å². The second kappa shape index (κ2) is 11.3. The van der Waals surface area contributed by atoms with Crippen molar-refractivity contribution in [1.82, 2.24) is 40.5 Å². The lowest BCUT2D eigenvalue weighted by Crippen LogP contribution is -2.57. The molecule has 2 N–H and O–H groups in total. The van der Waals surface area contributed by atoms with Gasteiger partial charge in [0, 0.05) is 43.6 Å². The smallest absolute Gasteiger partial charge is 0.273 e. The van der Waals surface area contributed by atoms with E-state index in [9.17, 15) is 18.4 Å². The predicted octanol–water partition coefficient (Wildman–Crippen LogP) is 2.58. The molecule has 2 amide bonds. The molecule has 1 aliphatic heterocycles. The number of piperidine rings is 1. The monoisotopic (exact) mass is 524 g/mol. The molecule has 0 unspecified atom stereocenters. The SMILES string of the molecule is C[C@@H](NC(=O)[C@@H]1CN(C2CCCC2)CC[C@H]1NC(=O)c1cn(-c2ccc(F)cc2F)nn1)c1cnccn1. The zero-order valence-corrected chi connectivity index (χ0v) is 21.1. The van der Waals surface area contributed by atoms with Crippen molar-refractivity contribution in [3.8, 4) is 5.69 Å². The first-order valence-corrected chi connectivity index (χ1v) is 12.9. The second-order valence-electron chi connectivity index (χ2n) is 9.91.